The van der Waals surface area contributed by atoms with Gasteiger partial charge in [0.25, 0.3) is 0 Å². The summed E-state index contributed by atoms with van der Waals surface area (Å²) in [6.07, 6.45) is 4.35. The fourth-order valence-electron chi connectivity index (χ4n) is 2.75. The van der Waals surface area contributed by atoms with Crippen molar-refractivity contribution in [3.63, 3.8) is 0 Å². The normalized spacial score (nSPS) is 13.1. The summed E-state index contributed by atoms with van der Waals surface area (Å²) in [5.41, 5.74) is 8.86. The minimum absolute atomic E-state index is 0.410. The van der Waals surface area contributed by atoms with E-state index in [0.29, 0.717) is 6.04 Å². The fraction of sp³-hybridized carbons (Fsp3) is 0.375. The molecule has 1 aliphatic rings. The first-order valence-electron chi connectivity index (χ1n) is 6.83. The summed E-state index contributed by atoms with van der Waals surface area (Å²) in [6, 6.07) is 9.00. The standard InChI is InChI=1S/C16H20N2O/c1-11(2)17-18-9-8-13-5-4-12-6-7-14(19-3)10-15(12)16(13)18/h6-11,17H,4-5H2,1-3H3. The molecule has 0 spiro atoms. The smallest absolute Gasteiger partial charge is 0.119 e. The lowest BCUT2D eigenvalue weighted by atomic mass is 9.90. The van der Waals surface area contributed by atoms with Crippen molar-refractivity contribution in [2.45, 2.75) is 32.7 Å². The molecule has 1 heterocycles. The summed E-state index contributed by atoms with van der Waals surface area (Å²) in [5.74, 6) is 0.920. The van der Waals surface area contributed by atoms with Gasteiger partial charge in [-0.2, -0.15) is 0 Å². The van der Waals surface area contributed by atoms with Crippen LogP contribution in [0.5, 0.6) is 5.75 Å². The largest absolute Gasteiger partial charge is 0.497 e. The van der Waals surface area contributed by atoms with Gasteiger partial charge in [0.1, 0.15) is 5.75 Å². The first kappa shape index (κ1) is 12.2. The zero-order valence-corrected chi connectivity index (χ0v) is 11.7. The molecular formula is C16H20N2O. The molecule has 19 heavy (non-hydrogen) atoms. The third-order valence-corrected chi connectivity index (χ3v) is 3.60. The van der Waals surface area contributed by atoms with E-state index in [1.807, 2.05) is 6.07 Å². The van der Waals surface area contributed by atoms with Gasteiger partial charge in [0.05, 0.1) is 12.8 Å². The van der Waals surface area contributed by atoms with E-state index in [2.05, 4.69) is 48.3 Å². The van der Waals surface area contributed by atoms with Crippen LogP contribution in [-0.4, -0.2) is 17.8 Å². The number of rotatable bonds is 3. The van der Waals surface area contributed by atoms with Gasteiger partial charge in [0, 0.05) is 17.8 Å². The predicted molar refractivity (Wildman–Crippen MR) is 78.3 cm³/mol. The highest BCUT2D eigenvalue weighted by Crippen LogP contribution is 2.36. The number of hydrogen-bond donors (Lipinski definition) is 1. The third kappa shape index (κ3) is 2.09. The van der Waals surface area contributed by atoms with Crippen LogP contribution in [0.3, 0.4) is 0 Å². The highest BCUT2D eigenvalue weighted by Gasteiger charge is 2.20. The van der Waals surface area contributed by atoms with Crippen LogP contribution < -0.4 is 10.2 Å². The second-order valence-electron chi connectivity index (χ2n) is 5.37. The monoisotopic (exact) mass is 256 g/mol. The molecule has 0 bridgehead atoms. The van der Waals surface area contributed by atoms with Crippen molar-refractivity contribution in [3.8, 4) is 17.0 Å². The molecule has 1 aromatic carbocycles. The summed E-state index contributed by atoms with van der Waals surface area (Å²) in [6.45, 7) is 4.31. The lowest BCUT2D eigenvalue weighted by molar-refractivity contribution is 0.414. The SMILES string of the molecule is COc1ccc2c(c1)-c1c(ccn1NC(C)C)CC2. The molecule has 1 aliphatic carbocycles. The number of aromatic nitrogens is 1. The van der Waals surface area contributed by atoms with Crippen molar-refractivity contribution in [2.75, 3.05) is 12.5 Å². The van der Waals surface area contributed by atoms with Crippen LogP contribution in [0.1, 0.15) is 25.0 Å². The molecule has 0 aliphatic heterocycles. The Balaban J connectivity index is 2.12. The number of hydrogen-bond acceptors (Lipinski definition) is 2. The van der Waals surface area contributed by atoms with Crippen LogP contribution in [0, 0.1) is 0 Å². The Labute approximate surface area is 114 Å². The van der Waals surface area contributed by atoms with Crippen molar-refractivity contribution in [3.05, 3.63) is 41.6 Å². The first-order valence-corrected chi connectivity index (χ1v) is 6.83. The van der Waals surface area contributed by atoms with Crippen molar-refractivity contribution in [2.24, 2.45) is 0 Å². The van der Waals surface area contributed by atoms with Gasteiger partial charge in [-0.05, 0) is 56.0 Å². The van der Waals surface area contributed by atoms with Crippen LogP contribution in [0.2, 0.25) is 0 Å². The fourth-order valence-corrected chi connectivity index (χ4v) is 2.75. The minimum Gasteiger partial charge on any atom is -0.497 e. The average molecular weight is 256 g/mol. The molecular weight excluding hydrogens is 236 g/mol. The highest BCUT2D eigenvalue weighted by atomic mass is 16.5. The van der Waals surface area contributed by atoms with Crippen molar-refractivity contribution in [1.82, 2.24) is 4.68 Å². The lowest BCUT2D eigenvalue weighted by Gasteiger charge is -2.22. The lowest BCUT2D eigenvalue weighted by Crippen LogP contribution is -2.23. The maximum Gasteiger partial charge on any atom is 0.119 e. The molecule has 3 nitrogen and oxygen atoms in total. The highest BCUT2D eigenvalue weighted by molar-refractivity contribution is 5.72. The molecule has 0 fully saturated rings. The Bertz CT molecular complexity index is 599. The van der Waals surface area contributed by atoms with Gasteiger partial charge in [-0.1, -0.05) is 6.07 Å². The van der Waals surface area contributed by atoms with Crippen LogP contribution in [-0.2, 0) is 12.8 Å². The van der Waals surface area contributed by atoms with Crippen LogP contribution in [0.25, 0.3) is 11.3 Å². The Hall–Kier alpha value is -1.90. The zero-order valence-electron chi connectivity index (χ0n) is 11.7. The van der Waals surface area contributed by atoms with E-state index in [1.54, 1.807) is 7.11 Å². The Morgan fingerprint density at radius 3 is 2.68 bits per heavy atom. The van der Waals surface area contributed by atoms with Crippen molar-refractivity contribution >= 4 is 0 Å². The molecule has 0 unspecified atom stereocenters. The van der Waals surface area contributed by atoms with E-state index in [0.717, 1.165) is 18.6 Å². The zero-order chi connectivity index (χ0) is 13.4. The number of nitrogens with zero attached hydrogens (tertiary/aromatic N) is 1. The van der Waals surface area contributed by atoms with Crippen molar-refractivity contribution in [1.29, 1.82) is 0 Å². The van der Waals surface area contributed by atoms with Crippen molar-refractivity contribution < 1.29 is 4.74 Å². The molecule has 2 aromatic rings. The summed E-state index contributed by atoms with van der Waals surface area (Å²) in [7, 11) is 1.72. The van der Waals surface area contributed by atoms with E-state index in [4.69, 9.17) is 4.74 Å². The molecule has 1 N–H and O–H groups in total. The van der Waals surface area contributed by atoms with Gasteiger partial charge in [-0.25, -0.2) is 0 Å². The number of fused-ring (bicyclic) bond motifs is 3. The Kier molecular flexibility index (Phi) is 2.97. The van der Waals surface area contributed by atoms with Gasteiger partial charge in [-0.3, -0.25) is 4.68 Å². The van der Waals surface area contributed by atoms with Gasteiger partial charge < -0.3 is 10.2 Å². The molecule has 100 valence electrons. The van der Waals surface area contributed by atoms with E-state index in [1.165, 1.54) is 22.4 Å². The second-order valence-corrected chi connectivity index (χ2v) is 5.37. The number of benzene rings is 1. The van der Waals surface area contributed by atoms with E-state index in [-0.39, 0.29) is 0 Å². The Morgan fingerprint density at radius 1 is 1.16 bits per heavy atom. The average Bonchev–Trinajstić information content (AvgIpc) is 2.81. The molecule has 0 saturated heterocycles. The minimum atomic E-state index is 0.410. The molecule has 0 atom stereocenters. The molecule has 1 aromatic heterocycles. The van der Waals surface area contributed by atoms with Gasteiger partial charge in [0.15, 0.2) is 0 Å². The van der Waals surface area contributed by atoms with Crippen LogP contribution >= 0.6 is 0 Å². The second kappa shape index (κ2) is 4.65. The molecule has 0 radical (unpaired) electrons. The first-order chi connectivity index (χ1) is 9.19. The molecule has 3 rings (SSSR count). The number of aryl methyl sites for hydroxylation is 2. The number of methoxy groups -OCH3 is 1. The maximum absolute atomic E-state index is 5.36. The number of nitrogens with one attached hydrogen (secondary N) is 1. The predicted octanol–water partition coefficient (Wildman–Crippen LogP) is 3.21. The summed E-state index contributed by atoms with van der Waals surface area (Å²) in [5, 5.41) is 0. The van der Waals surface area contributed by atoms with E-state index < -0.39 is 0 Å². The molecule has 0 amide bonds. The van der Waals surface area contributed by atoms with Gasteiger partial charge in [0.2, 0.25) is 0 Å². The molecule has 3 heteroatoms. The van der Waals surface area contributed by atoms with Crippen LogP contribution in [0.4, 0.5) is 0 Å². The van der Waals surface area contributed by atoms with E-state index in [9.17, 15) is 0 Å². The third-order valence-electron chi connectivity index (χ3n) is 3.60. The topological polar surface area (TPSA) is 26.2 Å². The maximum atomic E-state index is 5.36. The summed E-state index contributed by atoms with van der Waals surface area (Å²) in [4.78, 5) is 0. The van der Waals surface area contributed by atoms with E-state index >= 15 is 0 Å². The summed E-state index contributed by atoms with van der Waals surface area (Å²) >= 11 is 0. The van der Waals surface area contributed by atoms with Crippen LogP contribution in [0.15, 0.2) is 30.5 Å². The number of ether oxygens (including phenoxy) is 1. The Morgan fingerprint density at radius 2 is 1.95 bits per heavy atom. The quantitative estimate of drug-likeness (QED) is 0.912. The van der Waals surface area contributed by atoms with Gasteiger partial charge >= 0.3 is 0 Å². The van der Waals surface area contributed by atoms with Gasteiger partial charge in [-0.15, -0.1) is 0 Å². The summed E-state index contributed by atoms with van der Waals surface area (Å²) < 4.78 is 7.51. The molecule has 0 saturated carbocycles.